The molecule has 1 amide bonds. The van der Waals surface area contributed by atoms with Gasteiger partial charge in [0.25, 0.3) is 5.91 Å². The molecule has 0 atom stereocenters. The van der Waals surface area contributed by atoms with Crippen LogP contribution in [0.25, 0.3) is 0 Å². The average molecular weight is 404 g/mol. The van der Waals surface area contributed by atoms with Gasteiger partial charge in [-0.25, -0.2) is 0 Å². The summed E-state index contributed by atoms with van der Waals surface area (Å²) in [5.41, 5.74) is 8.27. The Balaban J connectivity index is 1.56. The van der Waals surface area contributed by atoms with Crippen LogP contribution in [0.3, 0.4) is 0 Å². The Morgan fingerprint density at radius 1 is 1.08 bits per heavy atom. The minimum Gasteiger partial charge on any atom is -0.508 e. The van der Waals surface area contributed by atoms with Gasteiger partial charge in [0, 0.05) is 54.9 Å². The molecule has 1 aliphatic heterocycles. The molecule has 25 heavy (non-hydrogen) atoms. The fraction of sp³-hybridized carbons (Fsp3) is 0.316. The maximum Gasteiger partial charge on any atom is 0.253 e. The van der Waals surface area contributed by atoms with Crippen molar-refractivity contribution in [2.24, 2.45) is 5.73 Å². The van der Waals surface area contributed by atoms with E-state index in [-0.39, 0.29) is 11.7 Å². The van der Waals surface area contributed by atoms with E-state index in [0.717, 1.165) is 53.9 Å². The Morgan fingerprint density at radius 2 is 1.76 bits per heavy atom. The lowest BCUT2D eigenvalue weighted by Crippen LogP contribution is -2.48. The molecule has 6 heteroatoms. The van der Waals surface area contributed by atoms with E-state index < -0.39 is 0 Å². The van der Waals surface area contributed by atoms with E-state index in [9.17, 15) is 9.90 Å². The third kappa shape index (κ3) is 4.39. The van der Waals surface area contributed by atoms with Gasteiger partial charge >= 0.3 is 0 Å². The first-order valence-electron chi connectivity index (χ1n) is 8.35. The molecule has 0 bridgehead atoms. The molecular weight excluding hydrogens is 382 g/mol. The highest BCUT2D eigenvalue weighted by Crippen LogP contribution is 2.20. The van der Waals surface area contributed by atoms with Crippen LogP contribution in [0.5, 0.6) is 5.75 Å². The van der Waals surface area contributed by atoms with Crippen molar-refractivity contribution in [1.82, 2.24) is 9.80 Å². The number of benzene rings is 2. The minimum absolute atomic E-state index is 0.0854. The number of carbonyl (C=O) groups excluding carboxylic acids is 1. The van der Waals surface area contributed by atoms with Crippen LogP contribution in [-0.4, -0.2) is 47.0 Å². The molecule has 1 heterocycles. The van der Waals surface area contributed by atoms with Crippen molar-refractivity contribution in [1.29, 1.82) is 0 Å². The molecule has 3 N–H and O–H groups in total. The van der Waals surface area contributed by atoms with Gasteiger partial charge in [-0.2, -0.15) is 0 Å². The first-order valence-corrected chi connectivity index (χ1v) is 9.14. The van der Waals surface area contributed by atoms with Crippen LogP contribution in [0.1, 0.15) is 21.5 Å². The molecule has 132 valence electrons. The molecule has 0 aliphatic carbocycles. The molecule has 2 aromatic rings. The van der Waals surface area contributed by atoms with Crippen LogP contribution in [0, 0.1) is 0 Å². The average Bonchev–Trinajstić information content (AvgIpc) is 2.64. The third-order valence-electron chi connectivity index (χ3n) is 4.52. The molecule has 0 unspecified atom stereocenters. The lowest BCUT2D eigenvalue weighted by atomic mass is 10.1. The number of phenolic OH excluding ortho intramolecular Hbond substituents is 1. The molecule has 1 aliphatic rings. The first kappa shape index (κ1) is 17.9. The van der Waals surface area contributed by atoms with Crippen molar-refractivity contribution in [2.75, 3.05) is 26.2 Å². The zero-order valence-electron chi connectivity index (χ0n) is 14.0. The molecule has 0 aromatic heterocycles. The monoisotopic (exact) mass is 403 g/mol. The Labute approximate surface area is 156 Å². The number of nitrogens with zero attached hydrogens (tertiary/aromatic N) is 2. The number of hydrogen-bond donors (Lipinski definition) is 2. The number of piperazine rings is 1. The van der Waals surface area contributed by atoms with Crippen molar-refractivity contribution < 1.29 is 9.90 Å². The molecule has 2 aromatic carbocycles. The second-order valence-corrected chi connectivity index (χ2v) is 7.16. The molecule has 0 spiro atoms. The van der Waals surface area contributed by atoms with Gasteiger partial charge in [-0.1, -0.05) is 22.0 Å². The predicted molar refractivity (Wildman–Crippen MR) is 101 cm³/mol. The number of rotatable bonds is 4. The van der Waals surface area contributed by atoms with Crippen molar-refractivity contribution in [2.45, 2.75) is 13.1 Å². The predicted octanol–water partition coefficient (Wildman–Crippen LogP) is 2.57. The number of phenols is 1. The Hall–Kier alpha value is -1.89. The second kappa shape index (κ2) is 7.99. The van der Waals surface area contributed by atoms with E-state index in [1.807, 2.05) is 41.3 Å². The number of nitrogens with two attached hydrogens (primary N) is 1. The smallest absolute Gasteiger partial charge is 0.253 e. The van der Waals surface area contributed by atoms with Crippen LogP contribution >= 0.6 is 15.9 Å². The van der Waals surface area contributed by atoms with Crippen molar-refractivity contribution in [3.8, 4) is 5.75 Å². The van der Waals surface area contributed by atoms with Crippen LogP contribution in [0.15, 0.2) is 46.9 Å². The summed E-state index contributed by atoms with van der Waals surface area (Å²) in [7, 11) is 0. The fourth-order valence-corrected chi connectivity index (χ4v) is 3.31. The summed E-state index contributed by atoms with van der Waals surface area (Å²) >= 11 is 3.39. The number of aromatic hydroxyl groups is 1. The molecule has 1 saturated heterocycles. The normalized spacial score (nSPS) is 15.4. The summed E-state index contributed by atoms with van der Waals surface area (Å²) < 4.78 is 0.972. The van der Waals surface area contributed by atoms with Gasteiger partial charge in [-0.05, 0) is 42.0 Å². The molecular formula is C19H22BrN3O2. The van der Waals surface area contributed by atoms with E-state index >= 15 is 0 Å². The number of halogens is 1. The zero-order chi connectivity index (χ0) is 17.8. The van der Waals surface area contributed by atoms with E-state index in [0.29, 0.717) is 6.54 Å². The second-order valence-electron chi connectivity index (χ2n) is 6.24. The number of hydrogen-bond acceptors (Lipinski definition) is 4. The van der Waals surface area contributed by atoms with E-state index in [4.69, 9.17) is 5.73 Å². The summed E-state index contributed by atoms with van der Waals surface area (Å²) in [5.74, 6) is 0.332. The maximum atomic E-state index is 12.5. The highest BCUT2D eigenvalue weighted by atomic mass is 79.9. The summed E-state index contributed by atoms with van der Waals surface area (Å²) in [6.45, 7) is 4.23. The molecule has 0 radical (unpaired) electrons. The topological polar surface area (TPSA) is 69.8 Å². The van der Waals surface area contributed by atoms with Crippen LogP contribution < -0.4 is 5.73 Å². The van der Waals surface area contributed by atoms with Gasteiger partial charge in [0.2, 0.25) is 0 Å². The van der Waals surface area contributed by atoms with Gasteiger partial charge in [0.05, 0.1) is 0 Å². The summed E-state index contributed by atoms with van der Waals surface area (Å²) in [4.78, 5) is 16.8. The Morgan fingerprint density at radius 3 is 2.40 bits per heavy atom. The van der Waals surface area contributed by atoms with E-state index in [2.05, 4.69) is 20.8 Å². The SMILES string of the molecule is NCc1cc(CN2CCN(C(=O)c3ccc(Br)cc3)CC2)ccc1O. The lowest BCUT2D eigenvalue weighted by molar-refractivity contribution is 0.0628. The summed E-state index contributed by atoms with van der Waals surface area (Å²) in [6.07, 6.45) is 0. The fourth-order valence-electron chi connectivity index (χ4n) is 3.04. The Kier molecular flexibility index (Phi) is 5.73. The van der Waals surface area contributed by atoms with Gasteiger partial charge in [0.1, 0.15) is 5.75 Å². The standard InChI is InChI=1S/C19H22BrN3O2/c20-17-4-2-15(3-5-17)19(25)23-9-7-22(8-10-23)13-14-1-6-18(24)16(11-14)12-21/h1-6,11,24H,7-10,12-13,21H2. The number of amides is 1. The number of carbonyl (C=O) groups is 1. The van der Waals surface area contributed by atoms with Gasteiger partial charge in [0.15, 0.2) is 0 Å². The molecule has 0 saturated carbocycles. The van der Waals surface area contributed by atoms with Gasteiger partial charge in [-0.15, -0.1) is 0 Å². The third-order valence-corrected chi connectivity index (χ3v) is 5.05. The van der Waals surface area contributed by atoms with Gasteiger partial charge in [-0.3, -0.25) is 9.69 Å². The largest absolute Gasteiger partial charge is 0.508 e. The van der Waals surface area contributed by atoms with Crippen molar-refractivity contribution in [3.63, 3.8) is 0 Å². The quantitative estimate of drug-likeness (QED) is 0.822. The maximum absolute atomic E-state index is 12.5. The highest BCUT2D eigenvalue weighted by molar-refractivity contribution is 9.10. The van der Waals surface area contributed by atoms with Crippen molar-refractivity contribution >= 4 is 21.8 Å². The molecule has 1 fully saturated rings. The van der Waals surface area contributed by atoms with Crippen LogP contribution in [0.2, 0.25) is 0 Å². The van der Waals surface area contributed by atoms with Crippen molar-refractivity contribution in [3.05, 3.63) is 63.6 Å². The summed E-state index contributed by atoms with van der Waals surface area (Å²) in [6, 6.07) is 13.1. The van der Waals surface area contributed by atoms with E-state index in [1.54, 1.807) is 6.07 Å². The Bertz CT molecular complexity index is 741. The molecule has 5 nitrogen and oxygen atoms in total. The highest BCUT2D eigenvalue weighted by Gasteiger charge is 2.22. The minimum atomic E-state index is 0.0854. The zero-order valence-corrected chi connectivity index (χ0v) is 15.6. The van der Waals surface area contributed by atoms with Gasteiger partial charge < -0.3 is 15.7 Å². The van der Waals surface area contributed by atoms with Crippen LogP contribution in [0.4, 0.5) is 0 Å². The lowest BCUT2D eigenvalue weighted by Gasteiger charge is -2.35. The first-order chi connectivity index (χ1) is 12.1. The molecule has 3 rings (SSSR count). The summed E-state index contributed by atoms with van der Waals surface area (Å²) in [5, 5.41) is 9.72. The van der Waals surface area contributed by atoms with E-state index in [1.165, 1.54) is 0 Å². The van der Waals surface area contributed by atoms with Crippen LogP contribution in [-0.2, 0) is 13.1 Å².